The third-order valence-corrected chi connectivity index (χ3v) is 3.50. The zero-order valence-electron chi connectivity index (χ0n) is 12.3. The van der Waals surface area contributed by atoms with Crippen LogP contribution in [0.1, 0.15) is 32.6 Å². The Kier molecular flexibility index (Phi) is 6.45. The van der Waals surface area contributed by atoms with Gasteiger partial charge in [-0.25, -0.2) is 4.79 Å². The van der Waals surface area contributed by atoms with Gasteiger partial charge in [0.05, 0.1) is 0 Å². The molecule has 0 N–H and O–H groups in total. The van der Waals surface area contributed by atoms with Gasteiger partial charge in [-0.1, -0.05) is 6.07 Å². The van der Waals surface area contributed by atoms with Gasteiger partial charge >= 0.3 is 5.97 Å². The fourth-order valence-electron chi connectivity index (χ4n) is 1.96. The Bertz CT molecular complexity index is 455. The van der Waals surface area contributed by atoms with Gasteiger partial charge in [-0.05, 0) is 45.2 Å². The Morgan fingerprint density at radius 3 is 2.45 bits per heavy atom. The largest absolute Gasteiger partial charge is 0.452 e. The van der Waals surface area contributed by atoms with Gasteiger partial charge in [0.2, 0.25) is 0 Å². The molecule has 0 aliphatic heterocycles. The van der Waals surface area contributed by atoms with Crippen molar-refractivity contribution >= 4 is 29.3 Å². The highest BCUT2D eigenvalue weighted by Crippen LogP contribution is 2.10. The smallest absolute Gasteiger partial charge is 0.331 e. The molecule has 1 aromatic rings. The Hall–Kier alpha value is -1.62. The number of hydrogen-bond donors (Lipinski definition) is 0. The molecule has 0 fully saturated rings. The first-order valence-corrected chi connectivity index (χ1v) is 7.49. The molecule has 0 aliphatic rings. The molecule has 5 heteroatoms. The molecule has 1 heterocycles. The lowest BCUT2D eigenvalue weighted by Crippen LogP contribution is -2.44. The molecule has 0 radical (unpaired) electrons. The number of hydrogen-bond acceptors (Lipinski definition) is 4. The van der Waals surface area contributed by atoms with E-state index in [1.807, 2.05) is 45.2 Å². The molecule has 1 aromatic heterocycles. The van der Waals surface area contributed by atoms with Gasteiger partial charge in [0.1, 0.15) is 0 Å². The molecule has 0 saturated heterocycles. The summed E-state index contributed by atoms with van der Waals surface area (Å²) in [4.78, 5) is 26.2. The maximum atomic E-state index is 12.0. The zero-order valence-corrected chi connectivity index (χ0v) is 13.1. The monoisotopic (exact) mass is 295 g/mol. The highest BCUT2D eigenvalue weighted by molar-refractivity contribution is 7.10. The quantitative estimate of drug-likeness (QED) is 0.599. The van der Waals surface area contributed by atoms with Crippen LogP contribution < -0.4 is 0 Å². The van der Waals surface area contributed by atoms with E-state index in [1.165, 1.54) is 17.4 Å². The lowest BCUT2D eigenvalue weighted by atomic mass is 10.2. The number of ether oxygens (including phenoxy) is 1. The minimum absolute atomic E-state index is 0.0860. The number of rotatable bonds is 6. The minimum atomic E-state index is -0.501. The maximum Gasteiger partial charge on any atom is 0.331 e. The molecule has 0 saturated carbocycles. The van der Waals surface area contributed by atoms with Crippen molar-refractivity contribution in [2.45, 2.75) is 39.8 Å². The van der Waals surface area contributed by atoms with Crippen molar-refractivity contribution in [3.8, 4) is 0 Å². The lowest BCUT2D eigenvalue weighted by molar-refractivity contribution is -0.150. The van der Waals surface area contributed by atoms with Crippen LogP contribution in [0.4, 0.5) is 0 Å². The van der Waals surface area contributed by atoms with Crippen LogP contribution in [-0.4, -0.2) is 35.5 Å². The molecule has 1 rings (SSSR count). The molecular formula is C15H21NO3S. The van der Waals surface area contributed by atoms with Gasteiger partial charge in [-0.15, -0.1) is 11.3 Å². The molecule has 110 valence electrons. The first kappa shape index (κ1) is 16.4. The fraction of sp³-hybridized carbons (Fsp3) is 0.467. The van der Waals surface area contributed by atoms with E-state index in [9.17, 15) is 9.59 Å². The Morgan fingerprint density at radius 2 is 1.95 bits per heavy atom. The fourth-order valence-corrected chi connectivity index (χ4v) is 2.58. The van der Waals surface area contributed by atoms with Crippen molar-refractivity contribution < 1.29 is 14.3 Å². The van der Waals surface area contributed by atoms with Crippen LogP contribution in [0, 0.1) is 0 Å². The number of carbonyl (C=O) groups is 2. The van der Waals surface area contributed by atoms with Crippen LogP contribution in [0.25, 0.3) is 6.08 Å². The third-order valence-electron chi connectivity index (χ3n) is 2.67. The average molecular weight is 295 g/mol. The van der Waals surface area contributed by atoms with E-state index >= 15 is 0 Å². The standard InChI is InChI=1S/C15H21NO3S/c1-11(2)16(12(3)4)14(17)10-19-15(18)8-7-13-6-5-9-20-13/h5-9,11-12H,10H2,1-4H3. The van der Waals surface area contributed by atoms with E-state index in [2.05, 4.69) is 0 Å². The summed E-state index contributed by atoms with van der Waals surface area (Å²) in [7, 11) is 0. The molecule has 0 bridgehead atoms. The molecule has 0 aromatic carbocycles. The van der Waals surface area contributed by atoms with E-state index < -0.39 is 5.97 Å². The van der Waals surface area contributed by atoms with Crippen LogP contribution in [-0.2, 0) is 14.3 Å². The van der Waals surface area contributed by atoms with Crippen molar-refractivity contribution in [3.05, 3.63) is 28.5 Å². The van der Waals surface area contributed by atoms with Gasteiger partial charge in [-0.3, -0.25) is 4.79 Å². The Balaban J connectivity index is 2.46. The van der Waals surface area contributed by atoms with Crippen LogP contribution in [0.2, 0.25) is 0 Å². The van der Waals surface area contributed by atoms with Crippen LogP contribution in [0.5, 0.6) is 0 Å². The molecule has 0 aliphatic carbocycles. The first-order valence-electron chi connectivity index (χ1n) is 6.61. The normalized spacial score (nSPS) is 11.3. The second kappa shape index (κ2) is 7.85. The van der Waals surface area contributed by atoms with Crippen molar-refractivity contribution in [2.24, 2.45) is 0 Å². The Morgan fingerprint density at radius 1 is 1.30 bits per heavy atom. The zero-order chi connectivity index (χ0) is 15.1. The summed E-state index contributed by atoms with van der Waals surface area (Å²) in [6.07, 6.45) is 3.02. The number of carbonyl (C=O) groups excluding carboxylic acids is 2. The van der Waals surface area contributed by atoms with E-state index in [4.69, 9.17) is 4.74 Å². The van der Waals surface area contributed by atoms with Gasteiger partial charge in [-0.2, -0.15) is 0 Å². The summed E-state index contributed by atoms with van der Waals surface area (Å²) < 4.78 is 4.97. The third kappa shape index (κ3) is 5.17. The second-order valence-electron chi connectivity index (χ2n) is 4.94. The van der Waals surface area contributed by atoms with Crippen molar-refractivity contribution in [1.29, 1.82) is 0 Å². The number of nitrogens with zero attached hydrogens (tertiary/aromatic N) is 1. The summed E-state index contributed by atoms with van der Waals surface area (Å²) in [6.45, 7) is 7.55. The highest BCUT2D eigenvalue weighted by Gasteiger charge is 2.20. The van der Waals surface area contributed by atoms with Gasteiger partial charge < -0.3 is 9.64 Å². The summed E-state index contributed by atoms with van der Waals surface area (Å²) >= 11 is 1.53. The molecule has 0 unspecified atom stereocenters. The number of thiophene rings is 1. The molecular weight excluding hydrogens is 274 g/mol. The average Bonchev–Trinajstić information content (AvgIpc) is 2.86. The maximum absolute atomic E-state index is 12.0. The van der Waals surface area contributed by atoms with Gasteiger partial charge in [0.25, 0.3) is 5.91 Å². The molecule has 0 atom stereocenters. The van der Waals surface area contributed by atoms with E-state index in [-0.39, 0.29) is 24.6 Å². The van der Waals surface area contributed by atoms with Crippen molar-refractivity contribution in [1.82, 2.24) is 4.90 Å². The lowest BCUT2D eigenvalue weighted by Gasteiger charge is -2.30. The molecule has 1 amide bonds. The van der Waals surface area contributed by atoms with E-state index in [0.717, 1.165) is 4.88 Å². The summed E-state index contributed by atoms with van der Waals surface area (Å²) in [6, 6.07) is 3.98. The highest BCUT2D eigenvalue weighted by atomic mass is 32.1. The SMILES string of the molecule is CC(C)N(C(=O)COC(=O)C=Cc1cccs1)C(C)C. The van der Waals surface area contributed by atoms with Gasteiger partial charge in [0.15, 0.2) is 6.61 Å². The summed E-state index contributed by atoms with van der Waals surface area (Å²) in [5.74, 6) is -0.674. The topological polar surface area (TPSA) is 46.6 Å². The summed E-state index contributed by atoms with van der Waals surface area (Å²) in [5, 5.41) is 1.93. The number of esters is 1. The predicted molar refractivity (Wildman–Crippen MR) is 81.4 cm³/mol. The molecule has 20 heavy (non-hydrogen) atoms. The second-order valence-corrected chi connectivity index (χ2v) is 5.92. The minimum Gasteiger partial charge on any atom is -0.452 e. The van der Waals surface area contributed by atoms with E-state index in [0.29, 0.717) is 0 Å². The van der Waals surface area contributed by atoms with Crippen LogP contribution >= 0.6 is 11.3 Å². The predicted octanol–water partition coefficient (Wildman–Crippen LogP) is 2.95. The first-order chi connectivity index (χ1) is 9.41. The van der Waals surface area contributed by atoms with Crippen LogP contribution in [0.15, 0.2) is 23.6 Å². The Labute approximate surface area is 124 Å². The molecule has 0 spiro atoms. The van der Waals surface area contributed by atoms with Crippen LogP contribution in [0.3, 0.4) is 0 Å². The van der Waals surface area contributed by atoms with Gasteiger partial charge in [0, 0.05) is 23.0 Å². The number of amides is 1. The molecule has 4 nitrogen and oxygen atoms in total. The van der Waals surface area contributed by atoms with Crippen molar-refractivity contribution in [3.63, 3.8) is 0 Å². The van der Waals surface area contributed by atoms with E-state index in [1.54, 1.807) is 11.0 Å². The van der Waals surface area contributed by atoms with Crippen molar-refractivity contribution in [2.75, 3.05) is 6.61 Å². The summed E-state index contributed by atoms with van der Waals surface area (Å²) in [5.41, 5.74) is 0.